The van der Waals surface area contributed by atoms with Gasteiger partial charge in [0, 0.05) is 22.7 Å². The molecule has 3 aromatic rings. The van der Waals surface area contributed by atoms with E-state index in [1.165, 1.54) is 11.3 Å². The summed E-state index contributed by atoms with van der Waals surface area (Å²) < 4.78 is 12.8. The number of hydrogen-bond donors (Lipinski definition) is 1. The van der Waals surface area contributed by atoms with Crippen molar-refractivity contribution < 1.29 is 18.7 Å². The molecule has 0 aliphatic heterocycles. The molecule has 4 rings (SSSR count). The van der Waals surface area contributed by atoms with Crippen molar-refractivity contribution in [3.05, 3.63) is 69.4 Å². The zero-order valence-electron chi connectivity index (χ0n) is 16.2. The molecule has 2 amide bonds. The highest BCUT2D eigenvalue weighted by atomic mass is 32.1. The lowest BCUT2D eigenvalue weighted by molar-refractivity contribution is 0.0920. The number of benzene rings is 1. The van der Waals surface area contributed by atoms with Crippen molar-refractivity contribution in [3.8, 4) is 5.75 Å². The number of nitrogens with one attached hydrogen (secondary N) is 1. The average molecular weight is 411 g/mol. The van der Waals surface area contributed by atoms with Crippen LogP contribution in [0.3, 0.4) is 0 Å². The molecule has 2 aromatic heterocycles. The first-order valence-corrected chi connectivity index (χ1v) is 10.2. The van der Waals surface area contributed by atoms with E-state index in [9.17, 15) is 9.59 Å². The van der Waals surface area contributed by atoms with Crippen molar-refractivity contribution in [2.75, 3.05) is 7.11 Å². The highest BCUT2D eigenvalue weighted by Crippen LogP contribution is 2.20. The molecule has 0 unspecified atom stereocenters. The Hall–Kier alpha value is -3.13. The molecular weight excluding hydrogens is 390 g/mol. The first kappa shape index (κ1) is 19.2. The highest BCUT2D eigenvalue weighted by Gasteiger charge is 2.25. The maximum atomic E-state index is 12.6. The number of amides is 2. The van der Waals surface area contributed by atoms with Crippen LogP contribution < -0.4 is 14.9 Å². The number of rotatable bonds is 6. The van der Waals surface area contributed by atoms with Gasteiger partial charge in [-0.3, -0.25) is 9.59 Å². The molecule has 1 saturated carbocycles. The van der Waals surface area contributed by atoms with Crippen LogP contribution in [0.5, 0.6) is 5.75 Å². The Morgan fingerprint density at radius 2 is 2.14 bits per heavy atom. The third-order valence-corrected chi connectivity index (χ3v) is 5.60. The summed E-state index contributed by atoms with van der Waals surface area (Å²) in [6.07, 6.45) is 2.05. The van der Waals surface area contributed by atoms with Crippen molar-refractivity contribution >= 4 is 23.2 Å². The zero-order valence-corrected chi connectivity index (χ0v) is 17.0. The lowest BCUT2D eigenvalue weighted by atomic mass is 10.2. The van der Waals surface area contributed by atoms with E-state index in [2.05, 4.69) is 10.3 Å². The van der Waals surface area contributed by atoms with Gasteiger partial charge >= 0.3 is 0 Å². The molecule has 150 valence electrons. The number of carbonyl (C=O) groups is 2. The van der Waals surface area contributed by atoms with Crippen LogP contribution in [0, 0.1) is 6.92 Å². The fraction of sp³-hybridized carbons (Fsp3) is 0.286. The van der Waals surface area contributed by atoms with E-state index < -0.39 is 0 Å². The SMILES string of the molecule is COc1cccc(C(=O)N=c2scc(C)n2Cc2ccc(C(=O)NC3CC3)o2)c1. The third kappa shape index (κ3) is 4.48. The van der Waals surface area contributed by atoms with Gasteiger partial charge in [0.15, 0.2) is 10.6 Å². The molecule has 1 aromatic carbocycles. The number of aromatic nitrogens is 1. The molecule has 1 N–H and O–H groups in total. The normalized spacial score (nSPS) is 14.1. The van der Waals surface area contributed by atoms with Crippen LogP contribution in [0.1, 0.15) is 45.2 Å². The average Bonchev–Trinajstić information content (AvgIpc) is 3.31. The minimum absolute atomic E-state index is 0.191. The highest BCUT2D eigenvalue weighted by molar-refractivity contribution is 7.07. The van der Waals surface area contributed by atoms with Gasteiger partial charge in [-0.2, -0.15) is 4.99 Å². The molecule has 7 nitrogen and oxygen atoms in total. The number of carbonyl (C=O) groups excluding carboxylic acids is 2. The molecule has 1 fully saturated rings. The second-order valence-corrected chi connectivity index (χ2v) is 7.74. The summed E-state index contributed by atoms with van der Waals surface area (Å²) in [7, 11) is 1.56. The van der Waals surface area contributed by atoms with E-state index in [1.54, 1.807) is 43.5 Å². The maximum absolute atomic E-state index is 12.6. The van der Waals surface area contributed by atoms with Crippen LogP contribution in [0.25, 0.3) is 0 Å². The first-order valence-electron chi connectivity index (χ1n) is 9.31. The monoisotopic (exact) mass is 411 g/mol. The van der Waals surface area contributed by atoms with Gasteiger partial charge in [0.25, 0.3) is 11.8 Å². The van der Waals surface area contributed by atoms with Gasteiger partial charge in [-0.25, -0.2) is 0 Å². The number of nitrogens with zero attached hydrogens (tertiary/aromatic N) is 2. The van der Waals surface area contributed by atoms with Crippen LogP contribution in [0.4, 0.5) is 0 Å². The molecule has 1 aliphatic rings. The lowest BCUT2D eigenvalue weighted by Gasteiger charge is -2.04. The van der Waals surface area contributed by atoms with Gasteiger partial charge in [0.05, 0.1) is 13.7 Å². The Kier molecular flexibility index (Phi) is 5.35. The van der Waals surface area contributed by atoms with Gasteiger partial charge in [-0.1, -0.05) is 6.07 Å². The summed E-state index contributed by atoms with van der Waals surface area (Å²) in [5.74, 6) is 0.996. The predicted molar refractivity (Wildman–Crippen MR) is 108 cm³/mol. The second kappa shape index (κ2) is 8.08. The van der Waals surface area contributed by atoms with Crippen molar-refractivity contribution in [1.29, 1.82) is 0 Å². The molecule has 0 bridgehead atoms. The lowest BCUT2D eigenvalue weighted by Crippen LogP contribution is -2.24. The van der Waals surface area contributed by atoms with Crippen LogP contribution in [0.15, 0.2) is 51.2 Å². The quantitative estimate of drug-likeness (QED) is 0.675. The molecular formula is C21H21N3O4S. The fourth-order valence-corrected chi connectivity index (χ4v) is 3.70. The number of hydrogen-bond acceptors (Lipinski definition) is 5. The summed E-state index contributed by atoms with van der Waals surface area (Å²) in [4.78, 5) is 29.6. The van der Waals surface area contributed by atoms with Gasteiger partial charge in [0.1, 0.15) is 11.5 Å². The summed E-state index contributed by atoms with van der Waals surface area (Å²) in [6, 6.07) is 10.6. The largest absolute Gasteiger partial charge is 0.497 e. The first-order chi connectivity index (χ1) is 14.0. The summed E-state index contributed by atoms with van der Waals surface area (Å²) in [5, 5.41) is 4.84. The number of thiazole rings is 1. The Morgan fingerprint density at radius 3 is 2.90 bits per heavy atom. The topological polar surface area (TPSA) is 85.8 Å². The standard InChI is InChI=1S/C21H21N3O4S/c1-13-12-29-21(23-19(25)14-4-3-5-16(10-14)27-2)24(13)11-17-8-9-18(28-17)20(26)22-15-6-7-15/h3-5,8-10,12,15H,6-7,11H2,1-2H3,(H,22,26). The molecule has 2 heterocycles. The van der Waals surface area contributed by atoms with E-state index in [0.717, 1.165) is 18.5 Å². The summed E-state index contributed by atoms with van der Waals surface area (Å²) in [5.41, 5.74) is 1.41. The van der Waals surface area contributed by atoms with Gasteiger partial charge in [-0.05, 0) is 50.1 Å². The number of ether oxygens (including phenoxy) is 1. The van der Waals surface area contributed by atoms with Gasteiger partial charge in [-0.15, -0.1) is 11.3 Å². The molecule has 0 spiro atoms. The fourth-order valence-electron chi connectivity index (χ4n) is 2.83. The van der Waals surface area contributed by atoms with Gasteiger partial charge < -0.3 is 19.0 Å². The minimum atomic E-state index is -0.344. The van der Waals surface area contributed by atoms with Crippen molar-refractivity contribution in [2.24, 2.45) is 4.99 Å². The van der Waals surface area contributed by atoms with E-state index in [0.29, 0.717) is 34.2 Å². The van der Waals surface area contributed by atoms with Gasteiger partial charge in [0.2, 0.25) is 0 Å². The number of methoxy groups -OCH3 is 1. The van der Waals surface area contributed by atoms with Crippen molar-refractivity contribution in [3.63, 3.8) is 0 Å². The molecule has 0 saturated heterocycles. The summed E-state index contributed by atoms with van der Waals surface area (Å²) >= 11 is 1.38. The Labute approximate surface area is 171 Å². The predicted octanol–water partition coefficient (Wildman–Crippen LogP) is 3.14. The van der Waals surface area contributed by atoms with Crippen LogP contribution in [-0.2, 0) is 6.54 Å². The second-order valence-electron chi connectivity index (χ2n) is 6.91. The van der Waals surface area contributed by atoms with E-state index in [1.807, 2.05) is 16.9 Å². The number of aryl methyl sites for hydroxylation is 1. The molecule has 0 radical (unpaired) electrons. The van der Waals surface area contributed by atoms with Crippen LogP contribution in [0.2, 0.25) is 0 Å². The smallest absolute Gasteiger partial charge is 0.287 e. The Morgan fingerprint density at radius 1 is 1.31 bits per heavy atom. The maximum Gasteiger partial charge on any atom is 0.287 e. The molecule has 0 atom stereocenters. The van der Waals surface area contributed by atoms with E-state index >= 15 is 0 Å². The van der Waals surface area contributed by atoms with E-state index in [-0.39, 0.29) is 17.9 Å². The Balaban J connectivity index is 1.55. The van der Waals surface area contributed by atoms with Crippen LogP contribution in [-0.4, -0.2) is 29.5 Å². The van der Waals surface area contributed by atoms with Crippen LogP contribution >= 0.6 is 11.3 Å². The third-order valence-electron chi connectivity index (χ3n) is 4.62. The van der Waals surface area contributed by atoms with E-state index in [4.69, 9.17) is 9.15 Å². The molecule has 1 aliphatic carbocycles. The Bertz CT molecular complexity index is 1120. The minimum Gasteiger partial charge on any atom is -0.497 e. The zero-order chi connectivity index (χ0) is 20.4. The van der Waals surface area contributed by atoms with Crippen molar-refractivity contribution in [2.45, 2.75) is 32.4 Å². The number of furan rings is 1. The summed E-state index contributed by atoms with van der Waals surface area (Å²) in [6.45, 7) is 2.32. The van der Waals surface area contributed by atoms with Crippen molar-refractivity contribution in [1.82, 2.24) is 9.88 Å². The molecule has 8 heteroatoms. The molecule has 29 heavy (non-hydrogen) atoms.